The van der Waals surface area contributed by atoms with Crippen molar-refractivity contribution in [3.63, 3.8) is 0 Å². The Morgan fingerprint density at radius 3 is 1.44 bits per heavy atom. The quantitative estimate of drug-likeness (QED) is 0.376. The standard InChI is InChI=1S/C2H6N2.C2H5N.C2H6/c1-4-2-3;1-2-3;1-2/h2H,1H3,(H2,3,4);2H,1,3H2;1-2H3. The minimum atomic E-state index is 1.25. The van der Waals surface area contributed by atoms with Crippen molar-refractivity contribution in [3.05, 3.63) is 12.8 Å². The zero-order valence-electron chi connectivity index (χ0n) is 6.46. The molecule has 0 bridgehead atoms. The van der Waals surface area contributed by atoms with Gasteiger partial charge in [0.15, 0.2) is 0 Å². The van der Waals surface area contributed by atoms with Crippen molar-refractivity contribution in [1.82, 2.24) is 0 Å². The van der Waals surface area contributed by atoms with Gasteiger partial charge in [-0.2, -0.15) is 0 Å². The molecule has 3 nitrogen and oxygen atoms in total. The number of nitrogens with two attached hydrogens (primary N) is 2. The molecular weight excluding hydrogens is 114 g/mol. The molecule has 0 aliphatic heterocycles. The molecular formula is C6H17N3. The van der Waals surface area contributed by atoms with Crippen LogP contribution in [-0.4, -0.2) is 13.4 Å². The highest BCUT2D eigenvalue weighted by molar-refractivity contribution is 5.50. The van der Waals surface area contributed by atoms with Crippen LogP contribution in [0.5, 0.6) is 0 Å². The SMILES string of the molecule is C=CN.CC.CN=CN. The van der Waals surface area contributed by atoms with Gasteiger partial charge in [0, 0.05) is 7.05 Å². The van der Waals surface area contributed by atoms with Gasteiger partial charge < -0.3 is 11.5 Å². The molecule has 3 heteroatoms. The summed E-state index contributed by atoms with van der Waals surface area (Å²) in [7, 11) is 1.62. The summed E-state index contributed by atoms with van der Waals surface area (Å²) in [6, 6.07) is 0. The van der Waals surface area contributed by atoms with Crippen molar-refractivity contribution < 1.29 is 0 Å². The van der Waals surface area contributed by atoms with Crippen LogP contribution < -0.4 is 11.5 Å². The lowest BCUT2D eigenvalue weighted by Gasteiger charge is -1.55. The lowest BCUT2D eigenvalue weighted by Crippen LogP contribution is -1.84. The van der Waals surface area contributed by atoms with Gasteiger partial charge in [-0.15, -0.1) is 0 Å². The topological polar surface area (TPSA) is 64.4 Å². The Bertz CT molecular complexity index is 46.3. The molecule has 0 saturated carbocycles. The van der Waals surface area contributed by atoms with Crippen molar-refractivity contribution in [2.75, 3.05) is 7.05 Å². The number of hydrogen-bond acceptors (Lipinski definition) is 2. The van der Waals surface area contributed by atoms with Crippen molar-refractivity contribution in [2.24, 2.45) is 16.5 Å². The molecule has 0 heterocycles. The molecule has 0 aliphatic carbocycles. The van der Waals surface area contributed by atoms with Crippen molar-refractivity contribution in [1.29, 1.82) is 0 Å². The van der Waals surface area contributed by atoms with Gasteiger partial charge >= 0.3 is 0 Å². The fourth-order valence-corrected chi connectivity index (χ4v) is 0. The van der Waals surface area contributed by atoms with E-state index in [1.807, 2.05) is 13.8 Å². The third-order valence-corrected chi connectivity index (χ3v) is 0.149. The summed E-state index contributed by atoms with van der Waals surface area (Å²) in [6.07, 6.45) is 2.50. The van der Waals surface area contributed by atoms with Gasteiger partial charge in [-0.3, -0.25) is 4.99 Å². The lowest BCUT2D eigenvalue weighted by molar-refractivity contribution is 1.45. The number of nitrogens with zero attached hydrogens (tertiary/aromatic N) is 1. The van der Waals surface area contributed by atoms with Crippen molar-refractivity contribution >= 4 is 6.34 Å². The minimum Gasteiger partial charge on any atom is -0.405 e. The lowest BCUT2D eigenvalue weighted by atomic mass is 11.0. The summed E-state index contributed by atoms with van der Waals surface area (Å²) in [6.45, 7) is 7.14. The maximum atomic E-state index is 4.74. The molecule has 0 amide bonds. The van der Waals surface area contributed by atoms with Gasteiger partial charge in [0.1, 0.15) is 0 Å². The van der Waals surface area contributed by atoms with Gasteiger partial charge in [0.05, 0.1) is 6.34 Å². The van der Waals surface area contributed by atoms with Crippen LogP contribution in [0.3, 0.4) is 0 Å². The third-order valence-electron chi connectivity index (χ3n) is 0.149. The van der Waals surface area contributed by atoms with Crippen LogP contribution in [-0.2, 0) is 0 Å². The summed E-state index contributed by atoms with van der Waals surface area (Å²) in [5.41, 5.74) is 9.35. The first-order valence-corrected chi connectivity index (χ1v) is 2.78. The van der Waals surface area contributed by atoms with Crippen LogP contribution in [0.2, 0.25) is 0 Å². The fourth-order valence-electron chi connectivity index (χ4n) is 0. The maximum absolute atomic E-state index is 4.74. The monoisotopic (exact) mass is 131 g/mol. The summed E-state index contributed by atoms with van der Waals surface area (Å²) < 4.78 is 0. The van der Waals surface area contributed by atoms with Gasteiger partial charge in [-0.05, 0) is 6.20 Å². The minimum absolute atomic E-state index is 1.25. The normalized spacial score (nSPS) is 6.11. The van der Waals surface area contributed by atoms with Crippen molar-refractivity contribution in [2.45, 2.75) is 13.8 Å². The summed E-state index contributed by atoms with van der Waals surface area (Å²) in [5, 5.41) is 0. The first-order chi connectivity index (χ1) is 4.33. The number of hydrogen-bond donors (Lipinski definition) is 2. The Kier molecular flexibility index (Phi) is 109. The van der Waals surface area contributed by atoms with E-state index in [-0.39, 0.29) is 0 Å². The Morgan fingerprint density at radius 2 is 1.44 bits per heavy atom. The largest absolute Gasteiger partial charge is 0.405 e. The molecule has 4 N–H and O–H groups in total. The Balaban J connectivity index is -0.0000000646. The van der Waals surface area contributed by atoms with Crippen LogP contribution in [0, 0.1) is 0 Å². The Hall–Kier alpha value is -0.990. The van der Waals surface area contributed by atoms with Gasteiger partial charge in [0.25, 0.3) is 0 Å². The summed E-state index contributed by atoms with van der Waals surface area (Å²) in [5.74, 6) is 0. The summed E-state index contributed by atoms with van der Waals surface area (Å²) >= 11 is 0. The van der Waals surface area contributed by atoms with E-state index in [0.717, 1.165) is 0 Å². The Morgan fingerprint density at radius 1 is 1.33 bits per heavy atom. The fraction of sp³-hybridized carbons (Fsp3) is 0.500. The second-order valence-corrected chi connectivity index (χ2v) is 0.643. The van der Waals surface area contributed by atoms with E-state index >= 15 is 0 Å². The van der Waals surface area contributed by atoms with Gasteiger partial charge in [0.2, 0.25) is 0 Å². The van der Waals surface area contributed by atoms with Crippen LogP contribution in [0.25, 0.3) is 0 Å². The highest BCUT2D eigenvalue weighted by atomic mass is 14.7. The zero-order chi connectivity index (χ0) is 8.12. The second-order valence-electron chi connectivity index (χ2n) is 0.643. The highest BCUT2D eigenvalue weighted by Crippen LogP contribution is 1.29. The molecule has 0 aliphatic rings. The van der Waals surface area contributed by atoms with Crippen LogP contribution >= 0.6 is 0 Å². The number of rotatable bonds is 0. The van der Waals surface area contributed by atoms with E-state index in [9.17, 15) is 0 Å². The van der Waals surface area contributed by atoms with E-state index < -0.39 is 0 Å². The number of aliphatic imine (C=N–C) groups is 1. The molecule has 0 atom stereocenters. The first kappa shape index (κ1) is 15.7. The molecule has 0 radical (unpaired) electrons. The molecule has 0 aromatic rings. The van der Waals surface area contributed by atoms with E-state index in [0.29, 0.717) is 0 Å². The molecule has 0 spiro atoms. The van der Waals surface area contributed by atoms with Crippen molar-refractivity contribution in [3.8, 4) is 0 Å². The predicted octanol–water partition coefficient (Wildman–Crippen LogP) is 0.718. The van der Waals surface area contributed by atoms with E-state index in [1.165, 1.54) is 12.5 Å². The first-order valence-electron chi connectivity index (χ1n) is 2.78. The molecule has 9 heavy (non-hydrogen) atoms. The average molecular weight is 131 g/mol. The molecule has 0 unspecified atom stereocenters. The smallest absolute Gasteiger partial charge is 0.0794 e. The molecule has 0 aromatic heterocycles. The summed E-state index contributed by atoms with van der Waals surface area (Å²) in [4.78, 5) is 3.39. The molecule has 56 valence electrons. The molecule has 0 rings (SSSR count). The van der Waals surface area contributed by atoms with Crippen LogP contribution in [0.1, 0.15) is 13.8 Å². The van der Waals surface area contributed by atoms with E-state index in [1.54, 1.807) is 7.05 Å². The van der Waals surface area contributed by atoms with Gasteiger partial charge in [-0.25, -0.2) is 0 Å². The predicted molar refractivity (Wildman–Crippen MR) is 44.3 cm³/mol. The van der Waals surface area contributed by atoms with E-state index in [2.05, 4.69) is 17.3 Å². The molecule has 0 saturated heterocycles. The van der Waals surface area contributed by atoms with E-state index in [4.69, 9.17) is 5.73 Å². The molecule has 0 aromatic carbocycles. The zero-order valence-corrected chi connectivity index (χ0v) is 6.46. The second kappa shape index (κ2) is 62.7. The third kappa shape index (κ3) is 1760000. The highest BCUT2D eigenvalue weighted by Gasteiger charge is 1.30. The Labute approximate surface area is 57.5 Å². The average Bonchev–Trinajstić information content (AvgIpc) is 1.94. The maximum Gasteiger partial charge on any atom is 0.0794 e. The van der Waals surface area contributed by atoms with Crippen LogP contribution in [0.15, 0.2) is 17.8 Å². The van der Waals surface area contributed by atoms with Crippen LogP contribution in [0.4, 0.5) is 0 Å². The van der Waals surface area contributed by atoms with Gasteiger partial charge in [-0.1, -0.05) is 20.4 Å². The molecule has 0 fully saturated rings.